The van der Waals surface area contributed by atoms with E-state index in [4.69, 9.17) is 5.73 Å². The van der Waals surface area contributed by atoms with Crippen LogP contribution < -0.4 is 5.73 Å². The SMILES string of the molecule is CN1CCCC(C)(CN)CC1. The molecule has 0 aromatic heterocycles. The first-order chi connectivity index (χ1) is 5.16. The lowest BCUT2D eigenvalue weighted by molar-refractivity contribution is 0.278. The fourth-order valence-corrected chi connectivity index (χ4v) is 1.68. The fraction of sp³-hybridized carbons (Fsp3) is 1.00. The first-order valence-corrected chi connectivity index (χ1v) is 4.55. The molecule has 1 rings (SSSR count). The van der Waals surface area contributed by atoms with Gasteiger partial charge in [0.15, 0.2) is 0 Å². The van der Waals surface area contributed by atoms with Crippen LogP contribution in [-0.4, -0.2) is 31.6 Å². The van der Waals surface area contributed by atoms with E-state index in [1.807, 2.05) is 0 Å². The lowest BCUT2D eigenvalue weighted by Gasteiger charge is -2.25. The fourth-order valence-electron chi connectivity index (χ4n) is 1.68. The van der Waals surface area contributed by atoms with Gasteiger partial charge in [0.05, 0.1) is 0 Å². The van der Waals surface area contributed by atoms with Gasteiger partial charge < -0.3 is 10.6 Å². The summed E-state index contributed by atoms with van der Waals surface area (Å²) >= 11 is 0. The van der Waals surface area contributed by atoms with Crippen LogP contribution in [0.3, 0.4) is 0 Å². The highest BCUT2D eigenvalue weighted by Crippen LogP contribution is 2.28. The molecule has 1 aliphatic rings. The van der Waals surface area contributed by atoms with E-state index in [-0.39, 0.29) is 0 Å². The molecule has 1 atom stereocenters. The van der Waals surface area contributed by atoms with Crippen molar-refractivity contribution in [1.29, 1.82) is 0 Å². The van der Waals surface area contributed by atoms with Gasteiger partial charge in [-0.25, -0.2) is 0 Å². The van der Waals surface area contributed by atoms with E-state index < -0.39 is 0 Å². The Morgan fingerprint density at radius 2 is 2.09 bits per heavy atom. The molecular weight excluding hydrogens is 136 g/mol. The first kappa shape index (κ1) is 9.01. The van der Waals surface area contributed by atoms with Gasteiger partial charge in [-0.1, -0.05) is 6.92 Å². The highest BCUT2D eigenvalue weighted by Gasteiger charge is 2.24. The highest BCUT2D eigenvalue weighted by atomic mass is 15.1. The summed E-state index contributed by atoms with van der Waals surface area (Å²) in [4.78, 5) is 2.40. The summed E-state index contributed by atoms with van der Waals surface area (Å²) in [5, 5.41) is 0. The number of rotatable bonds is 1. The Bertz CT molecular complexity index is 125. The van der Waals surface area contributed by atoms with E-state index in [1.54, 1.807) is 0 Å². The van der Waals surface area contributed by atoms with Crippen molar-refractivity contribution in [3.8, 4) is 0 Å². The average Bonchev–Trinajstić information content (AvgIpc) is 2.15. The normalized spacial score (nSPS) is 35.2. The van der Waals surface area contributed by atoms with Crippen molar-refractivity contribution in [3.05, 3.63) is 0 Å². The highest BCUT2D eigenvalue weighted by molar-refractivity contribution is 4.79. The lowest BCUT2D eigenvalue weighted by Crippen LogP contribution is -2.28. The second-order valence-corrected chi connectivity index (χ2v) is 4.17. The molecule has 0 spiro atoms. The monoisotopic (exact) mass is 156 g/mol. The Labute approximate surface area is 69.8 Å². The van der Waals surface area contributed by atoms with Gasteiger partial charge in [-0.05, 0) is 51.4 Å². The summed E-state index contributed by atoms with van der Waals surface area (Å²) in [6.45, 7) is 5.62. The standard InChI is InChI=1S/C9H20N2/c1-9(8-10)4-3-6-11(2)7-5-9/h3-8,10H2,1-2H3. The van der Waals surface area contributed by atoms with Gasteiger partial charge in [-0.15, -0.1) is 0 Å². The maximum atomic E-state index is 5.73. The Kier molecular flexibility index (Phi) is 2.90. The van der Waals surface area contributed by atoms with Crippen LogP contribution in [0, 0.1) is 5.41 Å². The largest absolute Gasteiger partial charge is 0.330 e. The molecule has 0 radical (unpaired) electrons. The Morgan fingerprint density at radius 1 is 1.36 bits per heavy atom. The zero-order chi connectivity index (χ0) is 8.32. The predicted octanol–water partition coefficient (Wildman–Crippen LogP) is 1.07. The number of likely N-dealkylation sites (tertiary alicyclic amines) is 1. The number of nitrogens with zero attached hydrogens (tertiary/aromatic N) is 1. The summed E-state index contributed by atoms with van der Waals surface area (Å²) in [7, 11) is 2.20. The molecule has 0 aromatic rings. The van der Waals surface area contributed by atoms with Crippen molar-refractivity contribution in [2.45, 2.75) is 26.2 Å². The zero-order valence-electron chi connectivity index (χ0n) is 7.77. The van der Waals surface area contributed by atoms with Gasteiger partial charge in [0.1, 0.15) is 0 Å². The topological polar surface area (TPSA) is 29.3 Å². The van der Waals surface area contributed by atoms with Crippen molar-refractivity contribution < 1.29 is 0 Å². The molecule has 0 aliphatic carbocycles. The van der Waals surface area contributed by atoms with Crippen LogP contribution in [0.2, 0.25) is 0 Å². The number of nitrogens with two attached hydrogens (primary N) is 1. The summed E-state index contributed by atoms with van der Waals surface area (Å²) in [5.41, 5.74) is 6.16. The predicted molar refractivity (Wildman–Crippen MR) is 48.5 cm³/mol. The molecule has 1 fully saturated rings. The molecule has 0 aromatic carbocycles. The minimum Gasteiger partial charge on any atom is -0.330 e. The minimum atomic E-state index is 0.421. The van der Waals surface area contributed by atoms with Crippen molar-refractivity contribution in [2.24, 2.45) is 11.1 Å². The van der Waals surface area contributed by atoms with Crippen molar-refractivity contribution in [2.75, 3.05) is 26.7 Å². The van der Waals surface area contributed by atoms with Gasteiger partial charge in [0.25, 0.3) is 0 Å². The maximum absolute atomic E-state index is 5.73. The third-order valence-corrected chi connectivity index (χ3v) is 2.91. The average molecular weight is 156 g/mol. The third kappa shape index (κ3) is 2.46. The minimum absolute atomic E-state index is 0.421. The maximum Gasteiger partial charge on any atom is -0.00161 e. The van der Waals surface area contributed by atoms with Gasteiger partial charge in [-0.3, -0.25) is 0 Å². The van der Waals surface area contributed by atoms with E-state index >= 15 is 0 Å². The molecule has 1 unspecified atom stereocenters. The van der Waals surface area contributed by atoms with E-state index in [2.05, 4.69) is 18.9 Å². The van der Waals surface area contributed by atoms with Crippen molar-refractivity contribution in [1.82, 2.24) is 4.90 Å². The van der Waals surface area contributed by atoms with E-state index in [9.17, 15) is 0 Å². The van der Waals surface area contributed by atoms with Gasteiger partial charge in [0.2, 0.25) is 0 Å². The van der Waals surface area contributed by atoms with E-state index in [0.29, 0.717) is 5.41 Å². The van der Waals surface area contributed by atoms with Gasteiger partial charge >= 0.3 is 0 Å². The molecule has 66 valence electrons. The van der Waals surface area contributed by atoms with Crippen LogP contribution in [-0.2, 0) is 0 Å². The summed E-state index contributed by atoms with van der Waals surface area (Å²) < 4.78 is 0. The van der Waals surface area contributed by atoms with Crippen molar-refractivity contribution in [3.63, 3.8) is 0 Å². The molecule has 2 N–H and O–H groups in total. The molecule has 11 heavy (non-hydrogen) atoms. The summed E-state index contributed by atoms with van der Waals surface area (Å²) in [6.07, 6.45) is 3.87. The molecule has 1 saturated heterocycles. The van der Waals surface area contributed by atoms with Crippen molar-refractivity contribution >= 4 is 0 Å². The summed E-state index contributed by atoms with van der Waals surface area (Å²) in [6, 6.07) is 0. The number of hydrogen-bond donors (Lipinski definition) is 1. The molecule has 2 heteroatoms. The quantitative estimate of drug-likeness (QED) is 0.615. The smallest absolute Gasteiger partial charge is 0.00161 e. The van der Waals surface area contributed by atoms with Crippen LogP contribution in [0.15, 0.2) is 0 Å². The molecule has 0 saturated carbocycles. The second-order valence-electron chi connectivity index (χ2n) is 4.17. The molecule has 1 aliphatic heterocycles. The summed E-state index contributed by atoms with van der Waals surface area (Å²) in [5.74, 6) is 0. The van der Waals surface area contributed by atoms with Gasteiger partial charge in [0, 0.05) is 0 Å². The molecular formula is C9H20N2. The Morgan fingerprint density at radius 3 is 2.73 bits per heavy atom. The Balaban J connectivity index is 2.45. The third-order valence-electron chi connectivity index (χ3n) is 2.91. The second kappa shape index (κ2) is 3.55. The number of hydrogen-bond acceptors (Lipinski definition) is 2. The van der Waals surface area contributed by atoms with Crippen LogP contribution in [0.25, 0.3) is 0 Å². The molecule has 2 nitrogen and oxygen atoms in total. The van der Waals surface area contributed by atoms with Crippen LogP contribution in [0.5, 0.6) is 0 Å². The lowest BCUT2D eigenvalue weighted by atomic mass is 9.83. The molecule has 0 amide bonds. The molecule has 0 bridgehead atoms. The van der Waals surface area contributed by atoms with Gasteiger partial charge in [-0.2, -0.15) is 0 Å². The Hall–Kier alpha value is -0.0800. The first-order valence-electron chi connectivity index (χ1n) is 4.55. The zero-order valence-corrected chi connectivity index (χ0v) is 7.77. The van der Waals surface area contributed by atoms with E-state index in [1.165, 1.54) is 32.4 Å². The van der Waals surface area contributed by atoms with Crippen LogP contribution in [0.1, 0.15) is 26.2 Å². The van der Waals surface area contributed by atoms with Crippen LogP contribution >= 0.6 is 0 Å². The van der Waals surface area contributed by atoms with E-state index in [0.717, 1.165) is 6.54 Å². The van der Waals surface area contributed by atoms with Crippen LogP contribution in [0.4, 0.5) is 0 Å². The molecule has 1 heterocycles.